The highest BCUT2D eigenvalue weighted by molar-refractivity contribution is 6.35. The number of hydrogen-bond donors (Lipinski definition) is 1. The number of Topliss-reactive ketones (excluding diaryl/α,β-unsaturated/α-hetero) is 1. The van der Waals surface area contributed by atoms with Gasteiger partial charge in [-0.3, -0.25) is 9.69 Å². The average molecular weight is 445 g/mol. The van der Waals surface area contributed by atoms with E-state index in [-0.39, 0.29) is 17.2 Å². The number of halogens is 3. The van der Waals surface area contributed by atoms with Crippen molar-refractivity contribution in [3.63, 3.8) is 0 Å². The minimum Gasteiger partial charge on any atom is -0.384 e. The third-order valence-electron chi connectivity index (χ3n) is 5.28. The molecular weight excluding hydrogens is 429 g/mol. The van der Waals surface area contributed by atoms with Gasteiger partial charge in [0.15, 0.2) is 5.78 Å². The molecule has 0 fully saturated rings. The Balaban J connectivity index is 2.01. The molecule has 2 N–H and O–H groups in total. The highest BCUT2D eigenvalue weighted by atomic mass is 35.5. The van der Waals surface area contributed by atoms with Gasteiger partial charge in [0.1, 0.15) is 5.82 Å². The van der Waals surface area contributed by atoms with Crippen molar-refractivity contribution in [2.75, 3.05) is 4.90 Å². The average Bonchev–Trinajstić information content (AvgIpc) is 2.69. The van der Waals surface area contributed by atoms with Gasteiger partial charge < -0.3 is 5.73 Å². The van der Waals surface area contributed by atoms with Crippen molar-refractivity contribution in [3.8, 4) is 6.07 Å². The molecule has 0 spiro atoms. The standard InChI is InChI=1S/C22H16Cl3N3O/c23-12-8-9-13(16(25)10-12)20-14(11-26)22(27)28(17-5-2-1-4-15(17)24)18-6-3-7-19(29)21(18)20/h1-2,4-5,8-10,20H,3,6-7,27H2/t20-/m1/s1. The predicted octanol–water partition coefficient (Wildman–Crippen LogP) is 5.95. The lowest BCUT2D eigenvalue weighted by molar-refractivity contribution is -0.116. The van der Waals surface area contributed by atoms with Crippen LogP contribution in [0, 0.1) is 11.3 Å². The van der Waals surface area contributed by atoms with E-state index in [0.29, 0.717) is 51.2 Å². The number of nitrogens with zero attached hydrogens (tertiary/aromatic N) is 2. The fourth-order valence-corrected chi connectivity index (χ4v) is 4.78. The summed E-state index contributed by atoms with van der Waals surface area (Å²) in [6, 6.07) is 14.5. The van der Waals surface area contributed by atoms with E-state index in [0.717, 1.165) is 5.70 Å². The first-order chi connectivity index (χ1) is 13.9. The van der Waals surface area contributed by atoms with Crippen molar-refractivity contribution in [1.29, 1.82) is 5.26 Å². The molecule has 0 bridgehead atoms. The Bertz CT molecular complexity index is 1130. The zero-order chi connectivity index (χ0) is 20.7. The number of benzene rings is 2. The minimum atomic E-state index is -0.633. The predicted molar refractivity (Wildman–Crippen MR) is 116 cm³/mol. The Labute approximate surface area is 183 Å². The summed E-state index contributed by atoms with van der Waals surface area (Å²) < 4.78 is 0. The van der Waals surface area contributed by atoms with Gasteiger partial charge in [-0.05, 0) is 42.7 Å². The van der Waals surface area contributed by atoms with Crippen molar-refractivity contribution >= 4 is 46.3 Å². The maximum atomic E-state index is 13.1. The van der Waals surface area contributed by atoms with Crippen LogP contribution in [0.25, 0.3) is 0 Å². The van der Waals surface area contributed by atoms with Crippen LogP contribution in [0.2, 0.25) is 15.1 Å². The molecule has 0 amide bonds. The lowest BCUT2D eigenvalue weighted by Crippen LogP contribution is -2.38. The second kappa shape index (κ2) is 7.76. The van der Waals surface area contributed by atoms with Crippen molar-refractivity contribution in [2.24, 2.45) is 5.73 Å². The lowest BCUT2D eigenvalue weighted by atomic mass is 9.75. The molecule has 146 valence electrons. The number of anilines is 1. The molecule has 0 saturated carbocycles. The number of carbonyl (C=O) groups is 1. The Morgan fingerprint density at radius 2 is 1.83 bits per heavy atom. The third-order valence-corrected chi connectivity index (χ3v) is 6.16. The molecule has 0 radical (unpaired) electrons. The molecule has 2 aromatic carbocycles. The van der Waals surface area contributed by atoms with E-state index in [9.17, 15) is 10.1 Å². The highest BCUT2D eigenvalue weighted by Gasteiger charge is 2.41. The monoisotopic (exact) mass is 443 g/mol. The van der Waals surface area contributed by atoms with Gasteiger partial charge in [-0.25, -0.2) is 0 Å². The number of allylic oxidation sites excluding steroid dienone is 3. The van der Waals surface area contributed by atoms with Gasteiger partial charge in [-0.15, -0.1) is 0 Å². The van der Waals surface area contributed by atoms with Crippen LogP contribution in [-0.4, -0.2) is 5.78 Å². The fraction of sp³-hybridized carbons (Fsp3) is 0.182. The summed E-state index contributed by atoms with van der Waals surface area (Å²) in [6.07, 6.45) is 1.76. The minimum absolute atomic E-state index is 0.0143. The first kappa shape index (κ1) is 19.8. The van der Waals surface area contributed by atoms with Gasteiger partial charge in [0, 0.05) is 27.7 Å². The van der Waals surface area contributed by atoms with Crippen LogP contribution in [0.4, 0.5) is 5.69 Å². The van der Waals surface area contributed by atoms with E-state index in [2.05, 4.69) is 6.07 Å². The normalized spacial score (nSPS) is 19.3. The Morgan fingerprint density at radius 3 is 2.52 bits per heavy atom. The molecule has 0 aromatic heterocycles. The van der Waals surface area contributed by atoms with Crippen LogP contribution in [0.1, 0.15) is 30.7 Å². The molecule has 0 saturated heterocycles. The fourth-order valence-electron chi connectivity index (χ4n) is 4.04. The van der Waals surface area contributed by atoms with E-state index >= 15 is 0 Å². The van der Waals surface area contributed by atoms with Gasteiger partial charge in [-0.1, -0.05) is 53.0 Å². The molecule has 1 heterocycles. The summed E-state index contributed by atoms with van der Waals surface area (Å²) in [6.45, 7) is 0. The number of nitrogens with two attached hydrogens (primary N) is 1. The van der Waals surface area contributed by atoms with Crippen LogP contribution in [-0.2, 0) is 4.79 Å². The summed E-state index contributed by atoms with van der Waals surface area (Å²) in [7, 11) is 0. The summed E-state index contributed by atoms with van der Waals surface area (Å²) in [4.78, 5) is 14.8. The number of rotatable bonds is 2. The zero-order valence-corrected chi connectivity index (χ0v) is 17.5. The molecule has 1 atom stereocenters. The summed E-state index contributed by atoms with van der Waals surface area (Å²) in [5.74, 6) is -0.393. The lowest BCUT2D eigenvalue weighted by Gasteiger charge is -2.40. The van der Waals surface area contributed by atoms with Crippen LogP contribution in [0.5, 0.6) is 0 Å². The van der Waals surface area contributed by atoms with Crippen LogP contribution in [0.3, 0.4) is 0 Å². The summed E-state index contributed by atoms with van der Waals surface area (Å²) in [5, 5.41) is 11.4. The van der Waals surface area contributed by atoms with Gasteiger partial charge in [0.2, 0.25) is 0 Å². The summed E-state index contributed by atoms with van der Waals surface area (Å²) >= 11 is 18.9. The third kappa shape index (κ3) is 3.30. The Hall–Kier alpha value is -2.45. The number of ketones is 1. The molecule has 1 aliphatic carbocycles. The van der Waals surface area contributed by atoms with E-state index in [4.69, 9.17) is 40.5 Å². The Kier molecular flexibility index (Phi) is 5.31. The Morgan fingerprint density at radius 1 is 1.07 bits per heavy atom. The topological polar surface area (TPSA) is 70.1 Å². The molecule has 1 aliphatic heterocycles. The SMILES string of the molecule is N#CC1=C(N)N(c2ccccc2Cl)C2=C(C(=O)CCC2)[C@@H]1c1ccc(Cl)cc1Cl. The van der Waals surface area contributed by atoms with E-state index in [1.54, 1.807) is 29.2 Å². The van der Waals surface area contributed by atoms with Gasteiger partial charge >= 0.3 is 0 Å². The molecule has 2 aromatic rings. The largest absolute Gasteiger partial charge is 0.384 e. The molecule has 29 heavy (non-hydrogen) atoms. The van der Waals surface area contributed by atoms with Crippen molar-refractivity contribution in [3.05, 3.63) is 85.8 Å². The first-order valence-electron chi connectivity index (χ1n) is 9.09. The number of hydrogen-bond acceptors (Lipinski definition) is 4. The van der Waals surface area contributed by atoms with Crippen LogP contribution < -0.4 is 10.6 Å². The van der Waals surface area contributed by atoms with E-state index in [1.165, 1.54) is 0 Å². The van der Waals surface area contributed by atoms with E-state index in [1.807, 2.05) is 18.2 Å². The van der Waals surface area contributed by atoms with Crippen LogP contribution >= 0.6 is 34.8 Å². The van der Waals surface area contributed by atoms with Crippen molar-refractivity contribution in [2.45, 2.75) is 25.2 Å². The van der Waals surface area contributed by atoms with Gasteiger partial charge in [-0.2, -0.15) is 5.26 Å². The molecule has 4 rings (SSSR count). The smallest absolute Gasteiger partial charge is 0.161 e. The molecular formula is C22H16Cl3N3O. The maximum Gasteiger partial charge on any atom is 0.161 e. The van der Waals surface area contributed by atoms with Crippen molar-refractivity contribution in [1.82, 2.24) is 0 Å². The molecule has 0 unspecified atom stereocenters. The molecule has 7 heteroatoms. The van der Waals surface area contributed by atoms with Crippen molar-refractivity contribution < 1.29 is 4.79 Å². The number of para-hydroxylation sites is 1. The quantitative estimate of drug-likeness (QED) is 0.621. The number of carbonyl (C=O) groups excluding carboxylic acids is 1. The van der Waals surface area contributed by atoms with Crippen LogP contribution in [0.15, 0.2) is 65.1 Å². The number of nitriles is 1. The van der Waals surface area contributed by atoms with E-state index < -0.39 is 5.92 Å². The molecule has 4 nitrogen and oxygen atoms in total. The second-order valence-electron chi connectivity index (χ2n) is 6.93. The molecule has 2 aliphatic rings. The summed E-state index contributed by atoms with van der Waals surface area (Å²) in [5.41, 5.74) is 9.36. The van der Waals surface area contributed by atoms with Gasteiger partial charge in [0.25, 0.3) is 0 Å². The maximum absolute atomic E-state index is 13.1. The highest BCUT2D eigenvalue weighted by Crippen LogP contribution is 2.48. The first-order valence-corrected chi connectivity index (χ1v) is 10.2. The van der Waals surface area contributed by atoms with Gasteiger partial charge in [0.05, 0.1) is 28.3 Å². The second-order valence-corrected chi connectivity index (χ2v) is 8.18. The zero-order valence-electron chi connectivity index (χ0n) is 15.3.